The Morgan fingerprint density at radius 2 is 1.73 bits per heavy atom. The van der Waals surface area contributed by atoms with E-state index in [1.807, 2.05) is 13.1 Å². The zero-order chi connectivity index (χ0) is 18.2. The summed E-state index contributed by atoms with van der Waals surface area (Å²) in [6.45, 7) is 4.05. The summed E-state index contributed by atoms with van der Waals surface area (Å²) in [5, 5.41) is 6.98. The molecule has 0 aliphatic carbocycles. The second kappa shape index (κ2) is 9.74. The number of nitrogens with zero attached hydrogens (tertiary/aromatic N) is 2. The fourth-order valence-electron chi connectivity index (χ4n) is 3.25. The molecule has 26 heavy (non-hydrogen) atoms. The third-order valence-electron chi connectivity index (χ3n) is 4.77. The van der Waals surface area contributed by atoms with E-state index in [4.69, 9.17) is 0 Å². The number of likely N-dealkylation sites (tertiary alicyclic amines) is 1. The van der Waals surface area contributed by atoms with Gasteiger partial charge in [0.05, 0.1) is 0 Å². The van der Waals surface area contributed by atoms with Crippen molar-refractivity contribution in [2.24, 2.45) is 4.99 Å². The molecule has 0 aromatic heterocycles. The minimum Gasteiger partial charge on any atom is -0.354 e. The molecule has 3 rings (SSSR count). The molecular weight excluding hydrogens is 388 g/mol. The Bertz CT molecular complexity index is 692. The van der Waals surface area contributed by atoms with Gasteiger partial charge in [-0.3, -0.25) is 9.89 Å². The molecule has 1 aliphatic heterocycles. The van der Waals surface area contributed by atoms with Crippen LogP contribution in [-0.4, -0.2) is 37.0 Å². The van der Waals surface area contributed by atoms with Crippen molar-refractivity contribution in [3.63, 3.8) is 0 Å². The van der Waals surface area contributed by atoms with Crippen molar-refractivity contribution < 1.29 is 0 Å². The Morgan fingerprint density at radius 1 is 1.04 bits per heavy atom. The normalized spacial score (nSPS) is 16.5. The van der Waals surface area contributed by atoms with Gasteiger partial charge in [0.15, 0.2) is 5.96 Å². The molecule has 0 unspecified atom stereocenters. The Kier molecular flexibility index (Phi) is 7.09. The number of hydrogen-bond donors (Lipinski definition) is 2. The molecule has 0 bridgehead atoms. The van der Waals surface area contributed by atoms with Crippen LogP contribution in [0.1, 0.15) is 24.0 Å². The Labute approximate surface area is 164 Å². The first-order chi connectivity index (χ1) is 12.7. The molecule has 2 aromatic carbocycles. The predicted octanol–water partition coefficient (Wildman–Crippen LogP) is 3.78. The molecule has 1 fully saturated rings. The molecule has 0 amide bonds. The summed E-state index contributed by atoms with van der Waals surface area (Å²) in [6, 6.07) is 19.5. The van der Waals surface area contributed by atoms with E-state index < -0.39 is 0 Å². The van der Waals surface area contributed by atoms with Gasteiger partial charge in [-0.2, -0.15) is 0 Å². The van der Waals surface area contributed by atoms with Gasteiger partial charge in [-0.15, -0.1) is 0 Å². The van der Waals surface area contributed by atoms with Gasteiger partial charge in [0.2, 0.25) is 0 Å². The first-order valence-electron chi connectivity index (χ1n) is 9.21. The van der Waals surface area contributed by atoms with Gasteiger partial charge in [-0.1, -0.05) is 58.4 Å². The van der Waals surface area contributed by atoms with Crippen LogP contribution in [-0.2, 0) is 13.1 Å². The summed E-state index contributed by atoms with van der Waals surface area (Å²) in [7, 11) is 1.84. The highest BCUT2D eigenvalue weighted by molar-refractivity contribution is 9.10. The Hall–Kier alpha value is -1.85. The van der Waals surface area contributed by atoms with Crippen LogP contribution in [0.5, 0.6) is 0 Å². The molecule has 4 nitrogen and oxygen atoms in total. The standard InChI is InChI=1S/C21H27BrN4/c1-23-21(24-15-17-5-3-2-4-6-17)25-20-11-13-26(14-12-20)16-18-7-9-19(22)10-8-18/h2-10,20H,11-16H2,1H3,(H2,23,24,25). The molecular formula is C21H27BrN4. The van der Waals surface area contributed by atoms with Crippen LogP contribution >= 0.6 is 15.9 Å². The quantitative estimate of drug-likeness (QED) is 0.577. The van der Waals surface area contributed by atoms with Gasteiger partial charge in [-0.25, -0.2) is 0 Å². The largest absolute Gasteiger partial charge is 0.354 e. The fraction of sp³-hybridized carbons (Fsp3) is 0.381. The number of hydrogen-bond acceptors (Lipinski definition) is 2. The molecule has 1 heterocycles. The second-order valence-electron chi connectivity index (χ2n) is 6.73. The molecule has 0 saturated carbocycles. The summed E-state index contributed by atoms with van der Waals surface area (Å²) in [5.41, 5.74) is 2.64. The lowest BCUT2D eigenvalue weighted by atomic mass is 10.0. The van der Waals surface area contributed by atoms with E-state index in [1.165, 1.54) is 11.1 Å². The SMILES string of the molecule is CN=C(NCc1ccccc1)NC1CCN(Cc2ccc(Br)cc2)CC1. The number of piperidine rings is 1. The third-order valence-corrected chi connectivity index (χ3v) is 5.30. The zero-order valence-electron chi connectivity index (χ0n) is 15.3. The Morgan fingerprint density at radius 3 is 2.38 bits per heavy atom. The monoisotopic (exact) mass is 414 g/mol. The van der Waals surface area contributed by atoms with E-state index in [9.17, 15) is 0 Å². The highest BCUT2D eigenvalue weighted by atomic mass is 79.9. The third kappa shape index (κ3) is 5.85. The topological polar surface area (TPSA) is 39.7 Å². The average Bonchev–Trinajstić information content (AvgIpc) is 2.69. The molecule has 138 valence electrons. The van der Waals surface area contributed by atoms with Crippen LogP contribution in [0, 0.1) is 0 Å². The van der Waals surface area contributed by atoms with Gasteiger partial charge >= 0.3 is 0 Å². The number of rotatable bonds is 5. The molecule has 5 heteroatoms. The second-order valence-corrected chi connectivity index (χ2v) is 7.65. The highest BCUT2D eigenvalue weighted by Gasteiger charge is 2.20. The minimum absolute atomic E-state index is 0.484. The maximum atomic E-state index is 4.37. The number of nitrogens with one attached hydrogen (secondary N) is 2. The molecule has 1 aliphatic rings. The lowest BCUT2D eigenvalue weighted by Gasteiger charge is -2.33. The van der Waals surface area contributed by atoms with Gasteiger partial charge < -0.3 is 10.6 Å². The molecule has 2 N–H and O–H groups in total. The van der Waals surface area contributed by atoms with E-state index in [0.717, 1.165) is 49.5 Å². The minimum atomic E-state index is 0.484. The highest BCUT2D eigenvalue weighted by Crippen LogP contribution is 2.16. The lowest BCUT2D eigenvalue weighted by Crippen LogP contribution is -2.48. The van der Waals surface area contributed by atoms with E-state index >= 15 is 0 Å². The number of benzene rings is 2. The van der Waals surface area contributed by atoms with E-state index in [1.54, 1.807) is 0 Å². The number of halogens is 1. The average molecular weight is 415 g/mol. The van der Waals surface area contributed by atoms with Crippen molar-refractivity contribution in [1.29, 1.82) is 0 Å². The van der Waals surface area contributed by atoms with Crippen LogP contribution in [0.15, 0.2) is 64.1 Å². The van der Waals surface area contributed by atoms with Crippen molar-refractivity contribution >= 4 is 21.9 Å². The molecule has 1 saturated heterocycles. The Balaban J connectivity index is 1.41. The van der Waals surface area contributed by atoms with Crippen molar-refractivity contribution in [1.82, 2.24) is 15.5 Å². The summed E-state index contributed by atoms with van der Waals surface area (Å²) < 4.78 is 1.14. The molecule has 0 atom stereocenters. The zero-order valence-corrected chi connectivity index (χ0v) is 16.9. The van der Waals surface area contributed by atoms with Gasteiger partial charge in [0, 0.05) is 43.7 Å². The lowest BCUT2D eigenvalue weighted by molar-refractivity contribution is 0.198. The van der Waals surface area contributed by atoms with E-state index in [-0.39, 0.29) is 0 Å². The maximum absolute atomic E-state index is 4.37. The molecule has 2 aromatic rings. The van der Waals surface area contributed by atoms with Gasteiger partial charge in [0.25, 0.3) is 0 Å². The van der Waals surface area contributed by atoms with Crippen LogP contribution in [0.25, 0.3) is 0 Å². The van der Waals surface area contributed by atoms with Crippen molar-refractivity contribution in [2.75, 3.05) is 20.1 Å². The first kappa shape index (κ1) is 18.9. The summed E-state index contributed by atoms with van der Waals surface area (Å²) in [6.07, 6.45) is 2.28. The first-order valence-corrected chi connectivity index (χ1v) is 10.00. The van der Waals surface area contributed by atoms with Crippen LogP contribution in [0.2, 0.25) is 0 Å². The summed E-state index contributed by atoms with van der Waals surface area (Å²) in [5.74, 6) is 0.889. The summed E-state index contributed by atoms with van der Waals surface area (Å²) >= 11 is 3.50. The van der Waals surface area contributed by atoms with Crippen molar-refractivity contribution in [2.45, 2.75) is 32.0 Å². The van der Waals surface area contributed by atoms with Crippen molar-refractivity contribution in [3.8, 4) is 0 Å². The summed E-state index contributed by atoms with van der Waals surface area (Å²) in [4.78, 5) is 6.90. The van der Waals surface area contributed by atoms with Crippen LogP contribution < -0.4 is 10.6 Å². The molecule has 0 radical (unpaired) electrons. The van der Waals surface area contributed by atoms with Crippen LogP contribution in [0.4, 0.5) is 0 Å². The van der Waals surface area contributed by atoms with E-state index in [2.05, 4.69) is 85.0 Å². The van der Waals surface area contributed by atoms with E-state index in [0.29, 0.717) is 6.04 Å². The predicted molar refractivity (Wildman–Crippen MR) is 112 cm³/mol. The molecule has 0 spiro atoms. The van der Waals surface area contributed by atoms with Gasteiger partial charge in [0.1, 0.15) is 0 Å². The smallest absolute Gasteiger partial charge is 0.191 e. The fourth-order valence-corrected chi connectivity index (χ4v) is 3.52. The number of aliphatic imine (C=N–C) groups is 1. The van der Waals surface area contributed by atoms with Crippen molar-refractivity contribution in [3.05, 3.63) is 70.2 Å². The maximum Gasteiger partial charge on any atom is 0.191 e. The van der Waals surface area contributed by atoms with Gasteiger partial charge in [-0.05, 0) is 36.1 Å². The van der Waals surface area contributed by atoms with Crippen LogP contribution in [0.3, 0.4) is 0 Å². The number of guanidine groups is 1.